The Kier molecular flexibility index (Phi) is 6.52. The highest BCUT2D eigenvalue weighted by Gasteiger charge is 2.26. The molecule has 4 aromatic rings. The average molecular weight is 477 g/mol. The van der Waals surface area contributed by atoms with E-state index < -0.39 is 0 Å². The summed E-state index contributed by atoms with van der Waals surface area (Å²) >= 11 is 6.24. The van der Waals surface area contributed by atoms with E-state index >= 15 is 0 Å². The fourth-order valence-corrected chi connectivity index (χ4v) is 4.48. The van der Waals surface area contributed by atoms with Crippen LogP contribution in [0.2, 0.25) is 5.02 Å². The average Bonchev–Trinajstić information content (AvgIpc) is 3.58. The molecule has 6 nitrogen and oxygen atoms in total. The summed E-state index contributed by atoms with van der Waals surface area (Å²) in [4.78, 5) is 20.1. The Labute approximate surface area is 203 Å². The van der Waals surface area contributed by atoms with Gasteiger partial charge in [0.2, 0.25) is 0 Å². The van der Waals surface area contributed by atoms with Gasteiger partial charge in [-0.3, -0.25) is 4.79 Å². The zero-order chi connectivity index (χ0) is 23.5. The number of carbonyl (C=O) groups excluding carboxylic acids is 1. The number of hydrogen-bond acceptors (Lipinski definition) is 5. The van der Waals surface area contributed by atoms with E-state index in [2.05, 4.69) is 6.07 Å². The SMILES string of the molecule is COc1ccc(-c2nc3cc(Cl)ccc3cc2CN(CC2CCCO2)C(=O)c2ccco2)cc1. The number of halogens is 1. The largest absolute Gasteiger partial charge is 0.497 e. The molecule has 0 bridgehead atoms. The molecule has 1 unspecified atom stereocenters. The molecule has 0 spiro atoms. The third-order valence-corrected chi connectivity index (χ3v) is 6.29. The summed E-state index contributed by atoms with van der Waals surface area (Å²) in [6.07, 6.45) is 3.46. The zero-order valence-corrected chi connectivity index (χ0v) is 19.6. The van der Waals surface area contributed by atoms with Crippen molar-refractivity contribution in [3.05, 3.63) is 83.3 Å². The second-order valence-corrected chi connectivity index (χ2v) is 8.80. The fourth-order valence-electron chi connectivity index (χ4n) is 4.32. The predicted molar refractivity (Wildman–Crippen MR) is 131 cm³/mol. The molecule has 1 amide bonds. The minimum absolute atomic E-state index is 0.00979. The minimum Gasteiger partial charge on any atom is -0.497 e. The highest BCUT2D eigenvalue weighted by atomic mass is 35.5. The number of methoxy groups -OCH3 is 1. The summed E-state index contributed by atoms with van der Waals surface area (Å²) in [5.74, 6) is 0.907. The summed E-state index contributed by atoms with van der Waals surface area (Å²) in [6.45, 7) is 1.58. The maximum absolute atomic E-state index is 13.4. The summed E-state index contributed by atoms with van der Waals surface area (Å²) in [5.41, 5.74) is 3.45. The van der Waals surface area contributed by atoms with Gasteiger partial charge in [0.25, 0.3) is 5.91 Å². The fraction of sp³-hybridized carbons (Fsp3) is 0.259. The molecule has 0 aliphatic carbocycles. The third kappa shape index (κ3) is 4.79. The van der Waals surface area contributed by atoms with E-state index in [1.165, 1.54) is 6.26 Å². The second-order valence-electron chi connectivity index (χ2n) is 8.36. The van der Waals surface area contributed by atoms with Crippen LogP contribution in [-0.4, -0.2) is 42.2 Å². The van der Waals surface area contributed by atoms with Gasteiger partial charge in [-0.2, -0.15) is 0 Å². The maximum atomic E-state index is 13.4. The normalized spacial score (nSPS) is 15.5. The first-order chi connectivity index (χ1) is 16.6. The van der Waals surface area contributed by atoms with Crippen LogP contribution in [0.15, 0.2) is 71.3 Å². The van der Waals surface area contributed by atoms with Crippen LogP contribution in [0, 0.1) is 0 Å². The van der Waals surface area contributed by atoms with E-state index in [4.69, 9.17) is 30.5 Å². The number of nitrogens with zero attached hydrogens (tertiary/aromatic N) is 2. The van der Waals surface area contributed by atoms with Crippen LogP contribution in [0.3, 0.4) is 0 Å². The van der Waals surface area contributed by atoms with Crippen molar-refractivity contribution in [3.8, 4) is 17.0 Å². The van der Waals surface area contributed by atoms with Crippen molar-refractivity contribution in [1.82, 2.24) is 9.88 Å². The Bertz CT molecular complexity index is 1280. The molecule has 0 radical (unpaired) electrons. The van der Waals surface area contributed by atoms with Crippen LogP contribution in [0.4, 0.5) is 0 Å². The molecule has 0 saturated carbocycles. The van der Waals surface area contributed by atoms with Crippen molar-refractivity contribution in [2.45, 2.75) is 25.5 Å². The maximum Gasteiger partial charge on any atom is 0.289 e. The molecular weight excluding hydrogens is 452 g/mol. The summed E-state index contributed by atoms with van der Waals surface area (Å²) in [5, 5.41) is 1.58. The molecule has 34 heavy (non-hydrogen) atoms. The van der Waals surface area contributed by atoms with E-state index in [0.717, 1.165) is 52.9 Å². The van der Waals surface area contributed by atoms with Crippen molar-refractivity contribution in [1.29, 1.82) is 0 Å². The van der Waals surface area contributed by atoms with Crippen LogP contribution in [0.1, 0.15) is 29.0 Å². The molecular formula is C27H25ClN2O4. The summed E-state index contributed by atoms with van der Waals surface area (Å²) in [6, 6.07) is 18.9. The molecule has 2 aromatic heterocycles. The number of hydrogen-bond donors (Lipinski definition) is 0. The second kappa shape index (κ2) is 9.87. The smallest absolute Gasteiger partial charge is 0.289 e. The van der Waals surface area contributed by atoms with Crippen LogP contribution in [0.5, 0.6) is 5.75 Å². The predicted octanol–water partition coefficient (Wildman–Crippen LogP) is 5.98. The lowest BCUT2D eigenvalue weighted by Crippen LogP contribution is -2.37. The molecule has 5 rings (SSSR count). The zero-order valence-electron chi connectivity index (χ0n) is 18.9. The van der Waals surface area contributed by atoms with Crippen LogP contribution >= 0.6 is 11.6 Å². The molecule has 7 heteroatoms. The van der Waals surface area contributed by atoms with E-state index in [1.54, 1.807) is 24.1 Å². The van der Waals surface area contributed by atoms with E-state index in [0.29, 0.717) is 23.9 Å². The molecule has 1 saturated heterocycles. The van der Waals surface area contributed by atoms with Crippen LogP contribution in [-0.2, 0) is 11.3 Å². The van der Waals surface area contributed by atoms with Gasteiger partial charge in [-0.1, -0.05) is 17.7 Å². The standard InChI is InChI=1S/C27H25ClN2O4/c1-32-22-10-7-18(8-11-22)26-20(14-19-6-9-21(28)15-24(19)29-26)16-30(17-23-4-2-12-33-23)27(31)25-5-3-13-34-25/h3,5-11,13-15,23H,2,4,12,16-17H2,1H3. The Morgan fingerprint density at radius 2 is 2.03 bits per heavy atom. The lowest BCUT2D eigenvalue weighted by atomic mass is 10.0. The van der Waals surface area contributed by atoms with Crippen LogP contribution in [0.25, 0.3) is 22.2 Å². The molecule has 1 aliphatic rings. The van der Waals surface area contributed by atoms with Crippen LogP contribution < -0.4 is 4.74 Å². The Balaban J connectivity index is 1.57. The van der Waals surface area contributed by atoms with Crippen molar-refractivity contribution < 1.29 is 18.7 Å². The number of pyridine rings is 1. The first kappa shape index (κ1) is 22.4. The Morgan fingerprint density at radius 1 is 1.18 bits per heavy atom. The number of carbonyl (C=O) groups is 1. The lowest BCUT2D eigenvalue weighted by molar-refractivity contribution is 0.0484. The Hall–Kier alpha value is -3.35. The van der Waals surface area contributed by atoms with Gasteiger partial charge in [0.1, 0.15) is 5.75 Å². The van der Waals surface area contributed by atoms with E-state index in [-0.39, 0.29) is 12.0 Å². The van der Waals surface area contributed by atoms with Gasteiger partial charge in [0.15, 0.2) is 5.76 Å². The summed E-state index contributed by atoms with van der Waals surface area (Å²) < 4.78 is 16.6. The number of furan rings is 1. The number of amides is 1. The minimum atomic E-state index is -0.169. The summed E-state index contributed by atoms with van der Waals surface area (Å²) in [7, 11) is 1.64. The van der Waals surface area contributed by atoms with Crippen molar-refractivity contribution in [2.24, 2.45) is 0 Å². The van der Waals surface area contributed by atoms with Gasteiger partial charge in [-0.25, -0.2) is 4.98 Å². The lowest BCUT2D eigenvalue weighted by Gasteiger charge is -2.26. The van der Waals surface area contributed by atoms with Gasteiger partial charge in [0.05, 0.1) is 30.7 Å². The van der Waals surface area contributed by atoms with Gasteiger partial charge in [0, 0.05) is 35.7 Å². The molecule has 1 atom stereocenters. The Morgan fingerprint density at radius 3 is 2.74 bits per heavy atom. The van der Waals surface area contributed by atoms with Crippen molar-refractivity contribution >= 4 is 28.4 Å². The number of ether oxygens (including phenoxy) is 2. The van der Waals surface area contributed by atoms with E-state index in [1.807, 2.05) is 42.5 Å². The molecule has 0 N–H and O–H groups in total. The third-order valence-electron chi connectivity index (χ3n) is 6.05. The molecule has 2 aromatic carbocycles. The highest BCUT2D eigenvalue weighted by Crippen LogP contribution is 2.30. The number of fused-ring (bicyclic) bond motifs is 1. The van der Waals surface area contributed by atoms with Crippen molar-refractivity contribution in [2.75, 3.05) is 20.3 Å². The van der Waals surface area contributed by atoms with Crippen molar-refractivity contribution in [3.63, 3.8) is 0 Å². The van der Waals surface area contributed by atoms with E-state index in [9.17, 15) is 4.79 Å². The molecule has 1 fully saturated rings. The quantitative estimate of drug-likeness (QED) is 0.328. The molecule has 1 aliphatic heterocycles. The first-order valence-corrected chi connectivity index (χ1v) is 11.7. The van der Waals surface area contributed by atoms with Gasteiger partial charge >= 0.3 is 0 Å². The monoisotopic (exact) mass is 476 g/mol. The molecule has 3 heterocycles. The van der Waals surface area contributed by atoms with Gasteiger partial charge in [-0.15, -0.1) is 0 Å². The topological polar surface area (TPSA) is 64.8 Å². The number of aromatic nitrogens is 1. The molecule has 174 valence electrons. The van der Waals surface area contributed by atoms with Gasteiger partial charge in [-0.05, 0) is 73.0 Å². The highest BCUT2D eigenvalue weighted by molar-refractivity contribution is 6.31. The number of benzene rings is 2. The first-order valence-electron chi connectivity index (χ1n) is 11.3. The van der Waals surface area contributed by atoms with Gasteiger partial charge < -0.3 is 18.8 Å². The number of rotatable bonds is 7.